The fraction of sp³-hybridized carbons (Fsp3) is 0.250. The summed E-state index contributed by atoms with van der Waals surface area (Å²) in [6.07, 6.45) is 3.16. The maximum Gasteiger partial charge on any atom is 0.167 e. The van der Waals surface area contributed by atoms with E-state index in [0.717, 1.165) is 52.4 Å². The fourth-order valence-corrected chi connectivity index (χ4v) is 4.15. The smallest absolute Gasteiger partial charge is 0.167 e. The molecule has 2 N–H and O–H groups in total. The summed E-state index contributed by atoms with van der Waals surface area (Å²) in [5, 5.41) is 5.33. The van der Waals surface area contributed by atoms with Gasteiger partial charge in [0.25, 0.3) is 0 Å². The van der Waals surface area contributed by atoms with Gasteiger partial charge in [0.05, 0.1) is 0 Å². The van der Waals surface area contributed by atoms with Gasteiger partial charge in [-0.3, -0.25) is 0 Å². The van der Waals surface area contributed by atoms with Crippen molar-refractivity contribution in [3.8, 4) is 11.3 Å². The molecular weight excluding hydrogens is 396 g/mol. The lowest BCUT2D eigenvalue weighted by molar-refractivity contribution is 0.459. The zero-order valence-electron chi connectivity index (χ0n) is 16.7. The predicted octanol–water partition coefficient (Wildman–Crippen LogP) is 5.15. The van der Waals surface area contributed by atoms with Crippen LogP contribution in [0.25, 0.3) is 22.2 Å². The molecule has 1 atom stereocenters. The van der Waals surface area contributed by atoms with E-state index in [2.05, 4.69) is 40.4 Å². The second-order valence-electron chi connectivity index (χ2n) is 7.61. The van der Waals surface area contributed by atoms with Gasteiger partial charge >= 0.3 is 0 Å². The Morgan fingerprint density at radius 3 is 2.57 bits per heavy atom. The van der Waals surface area contributed by atoms with E-state index in [1.165, 1.54) is 12.8 Å². The summed E-state index contributed by atoms with van der Waals surface area (Å²) in [7, 11) is 0. The van der Waals surface area contributed by atoms with Crippen molar-refractivity contribution in [3.63, 3.8) is 0 Å². The highest BCUT2D eigenvalue weighted by Crippen LogP contribution is 2.33. The van der Waals surface area contributed by atoms with Crippen LogP contribution in [0.5, 0.6) is 0 Å². The van der Waals surface area contributed by atoms with E-state index >= 15 is 0 Å². The zero-order chi connectivity index (χ0) is 19.6. The van der Waals surface area contributed by atoms with E-state index < -0.39 is 0 Å². The first-order valence-electron chi connectivity index (χ1n) is 10.2. The van der Waals surface area contributed by atoms with Crippen LogP contribution in [-0.4, -0.2) is 23.2 Å². The molecule has 0 spiro atoms. The van der Waals surface area contributed by atoms with Crippen LogP contribution >= 0.6 is 12.4 Å². The molecule has 1 aliphatic heterocycles. The average molecular weight is 421 g/mol. The third-order valence-electron chi connectivity index (χ3n) is 5.64. The molecule has 0 aliphatic carbocycles. The van der Waals surface area contributed by atoms with Crippen LogP contribution in [0.4, 0.5) is 5.82 Å². The average Bonchev–Trinajstić information content (AvgIpc) is 3.44. The predicted molar refractivity (Wildman–Crippen MR) is 123 cm³/mol. The Morgan fingerprint density at radius 2 is 1.70 bits per heavy atom. The number of hydrogen-bond donors (Lipinski definition) is 1. The number of anilines is 1. The zero-order valence-corrected chi connectivity index (χ0v) is 17.5. The molecule has 1 saturated heterocycles. The van der Waals surface area contributed by atoms with Crippen LogP contribution in [0.2, 0.25) is 0 Å². The Bertz CT molecular complexity index is 1140. The molecule has 5 nitrogen and oxygen atoms in total. The number of hydrogen-bond acceptors (Lipinski definition) is 5. The number of nitrogens with zero attached hydrogens (tertiary/aromatic N) is 3. The second-order valence-corrected chi connectivity index (χ2v) is 7.61. The molecule has 154 valence electrons. The molecule has 0 unspecified atom stereocenters. The molecule has 5 rings (SSSR count). The van der Waals surface area contributed by atoms with Crippen molar-refractivity contribution in [2.75, 3.05) is 18.0 Å². The van der Waals surface area contributed by atoms with Crippen molar-refractivity contribution in [2.24, 2.45) is 5.73 Å². The van der Waals surface area contributed by atoms with E-state index in [1.807, 2.05) is 36.4 Å². The van der Waals surface area contributed by atoms with Gasteiger partial charge in [-0.05, 0) is 42.7 Å². The molecule has 0 amide bonds. The summed E-state index contributed by atoms with van der Waals surface area (Å²) < 4.78 is 5.52. The molecule has 2 aromatic heterocycles. The standard InChI is InChI=1S/C24H24N4O.ClH/c25-21(16-17-8-7-13-23(26-17)28-14-5-6-15-28)18-9-1-2-10-19(18)24-20-11-3-4-12-22(20)29-27-24;/h1-4,7-13,21H,5-6,14-16,25H2;1H/t21-;/m0./s1. The number of pyridine rings is 1. The van der Waals surface area contributed by atoms with Crippen molar-refractivity contribution in [2.45, 2.75) is 25.3 Å². The molecule has 1 aliphatic rings. The molecular formula is C24H25ClN4O. The quantitative estimate of drug-likeness (QED) is 0.483. The number of benzene rings is 2. The minimum Gasteiger partial charge on any atom is -0.357 e. The molecule has 6 heteroatoms. The van der Waals surface area contributed by atoms with Crippen LogP contribution in [0.1, 0.15) is 30.1 Å². The monoisotopic (exact) mass is 420 g/mol. The van der Waals surface area contributed by atoms with Crippen LogP contribution in [0.15, 0.2) is 71.3 Å². The molecule has 4 aromatic rings. The fourth-order valence-electron chi connectivity index (χ4n) is 4.15. The summed E-state index contributed by atoms with van der Waals surface area (Å²) in [5.74, 6) is 1.06. The number of para-hydroxylation sites is 1. The highest BCUT2D eigenvalue weighted by molar-refractivity contribution is 5.92. The normalized spacial score (nSPS) is 14.6. The first-order chi connectivity index (χ1) is 14.3. The SMILES string of the molecule is Cl.N[C@@H](Cc1cccc(N2CCCC2)n1)c1ccccc1-c1noc2ccccc12. The van der Waals surface area contributed by atoms with Gasteiger partial charge < -0.3 is 15.2 Å². The maximum atomic E-state index is 6.67. The second kappa shape index (κ2) is 8.86. The van der Waals surface area contributed by atoms with Gasteiger partial charge in [0.1, 0.15) is 11.5 Å². The lowest BCUT2D eigenvalue weighted by atomic mass is 9.94. The highest BCUT2D eigenvalue weighted by Gasteiger charge is 2.19. The molecule has 0 radical (unpaired) electrons. The minimum absolute atomic E-state index is 0. The van der Waals surface area contributed by atoms with Crippen molar-refractivity contribution in [3.05, 3.63) is 78.0 Å². The molecule has 30 heavy (non-hydrogen) atoms. The lowest BCUT2D eigenvalue weighted by Crippen LogP contribution is -2.20. The molecule has 1 fully saturated rings. The van der Waals surface area contributed by atoms with E-state index in [-0.39, 0.29) is 18.4 Å². The van der Waals surface area contributed by atoms with Crippen LogP contribution in [0.3, 0.4) is 0 Å². The molecule has 3 heterocycles. The number of halogens is 1. The summed E-state index contributed by atoms with van der Waals surface area (Å²) >= 11 is 0. The first-order valence-corrected chi connectivity index (χ1v) is 10.2. The van der Waals surface area contributed by atoms with Gasteiger partial charge in [-0.1, -0.05) is 47.6 Å². The van der Waals surface area contributed by atoms with Crippen LogP contribution in [-0.2, 0) is 6.42 Å². The van der Waals surface area contributed by atoms with E-state index in [4.69, 9.17) is 15.2 Å². The molecule has 0 bridgehead atoms. The summed E-state index contributed by atoms with van der Waals surface area (Å²) in [6.45, 7) is 2.18. The van der Waals surface area contributed by atoms with Gasteiger partial charge in [0.15, 0.2) is 5.58 Å². The Hall–Kier alpha value is -2.89. The molecule has 0 saturated carbocycles. The minimum atomic E-state index is -0.178. The van der Waals surface area contributed by atoms with Crippen molar-refractivity contribution in [1.29, 1.82) is 0 Å². The largest absolute Gasteiger partial charge is 0.357 e. The van der Waals surface area contributed by atoms with Crippen molar-refractivity contribution < 1.29 is 4.52 Å². The van der Waals surface area contributed by atoms with Gasteiger partial charge in [0.2, 0.25) is 0 Å². The van der Waals surface area contributed by atoms with Gasteiger partial charge in [-0.15, -0.1) is 12.4 Å². The van der Waals surface area contributed by atoms with Crippen LogP contribution in [0, 0.1) is 0 Å². The van der Waals surface area contributed by atoms with Gasteiger partial charge in [-0.25, -0.2) is 4.98 Å². The Labute approximate surface area is 182 Å². The summed E-state index contributed by atoms with van der Waals surface area (Å²) in [5.41, 5.74) is 11.4. The van der Waals surface area contributed by atoms with Crippen molar-refractivity contribution >= 4 is 29.2 Å². The van der Waals surface area contributed by atoms with E-state index in [9.17, 15) is 0 Å². The Kier molecular flexibility index (Phi) is 6.02. The van der Waals surface area contributed by atoms with E-state index in [1.54, 1.807) is 0 Å². The van der Waals surface area contributed by atoms with Crippen molar-refractivity contribution in [1.82, 2.24) is 10.1 Å². The Balaban J connectivity index is 0.00000218. The van der Waals surface area contributed by atoms with Gasteiger partial charge in [0, 0.05) is 42.2 Å². The summed E-state index contributed by atoms with van der Waals surface area (Å²) in [4.78, 5) is 7.23. The third kappa shape index (κ3) is 3.91. The van der Waals surface area contributed by atoms with E-state index in [0.29, 0.717) is 6.42 Å². The third-order valence-corrected chi connectivity index (χ3v) is 5.64. The number of nitrogens with two attached hydrogens (primary N) is 1. The topological polar surface area (TPSA) is 68.2 Å². The molecule has 2 aromatic carbocycles. The number of rotatable bonds is 5. The van der Waals surface area contributed by atoms with Gasteiger partial charge in [-0.2, -0.15) is 0 Å². The maximum absolute atomic E-state index is 6.67. The highest BCUT2D eigenvalue weighted by atomic mass is 35.5. The Morgan fingerprint density at radius 1 is 0.933 bits per heavy atom. The lowest BCUT2D eigenvalue weighted by Gasteiger charge is -2.19. The number of aromatic nitrogens is 2. The first kappa shape index (κ1) is 20.4. The van der Waals surface area contributed by atoms with Crippen LogP contribution < -0.4 is 10.6 Å². The number of fused-ring (bicyclic) bond motifs is 1. The summed E-state index contributed by atoms with van der Waals surface area (Å²) in [6, 6.07) is 22.2.